The molecule has 164 valence electrons. The Kier molecular flexibility index (Phi) is 5.91. The first-order chi connectivity index (χ1) is 14.7. The third-order valence-corrected chi connectivity index (χ3v) is 9.79. The Labute approximate surface area is 186 Å². The fourth-order valence-corrected chi connectivity index (χ4v) is 7.10. The first-order valence-electron chi connectivity index (χ1n) is 9.63. The number of aryl methyl sites for hydroxylation is 1. The third-order valence-electron chi connectivity index (χ3n) is 5.41. The normalized spacial score (nSPS) is 16.5. The Morgan fingerprint density at radius 3 is 2.23 bits per heavy atom. The molecule has 1 aliphatic heterocycles. The van der Waals surface area contributed by atoms with E-state index < -0.39 is 25.1 Å². The van der Waals surface area contributed by atoms with Gasteiger partial charge in [-0.2, -0.15) is 4.31 Å². The molecule has 0 saturated carbocycles. The molecule has 1 aliphatic rings. The molecule has 0 bridgehead atoms. The molecule has 4 rings (SSSR count). The summed E-state index contributed by atoms with van der Waals surface area (Å²) in [5.74, 6) is 0. The highest BCUT2D eigenvalue weighted by atomic mass is 35.5. The minimum absolute atomic E-state index is 0.0922. The maximum Gasteiger partial charge on any atom is 0.249 e. The maximum atomic E-state index is 13.1. The van der Waals surface area contributed by atoms with Gasteiger partial charge in [-0.3, -0.25) is 0 Å². The van der Waals surface area contributed by atoms with E-state index in [0.717, 1.165) is 11.1 Å². The van der Waals surface area contributed by atoms with Crippen LogP contribution in [0.3, 0.4) is 0 Å². The average molecular weight is 481 g/mol. The first kappa shape index (κ1) is 21.9. The zero-order chi connectivity index (χ0) is 22.2. The summed E-state index contributed by atoms with van der Waals surface area (Å²) in [6, 6.07) is 13.9. The number of rotatable bonds is 5. The quantitative estimate of drug-likeness (QED) is 0.556. The lowest BCUT2D eigenvalue weighted by Gasteiger charge is -2.30. The monoisotopic (exact) mass is 480 g/mol. The van der Waals surface area contributed by atoms with Crippen LogP contribution in [-0.2, 0) is 26.9 Å². The number of nitrogens with zero attached hydrogens (tertiary/aromatic N) is 4. The van der Waals surface area contributed by atoms with Crippen molar-refractivity contribution in [3.63, 3.8) is 0 Å². The molecule has 0 radical (unpaired) electrons. The predicted molar refractivity (Wildman–Crippen MR) is 117 cm³/mol. The van der Waals surface area contributed by atoms with Crippen molar-refractivity contribution in [3.8, 4) is 11.1 Å². The predicted octanol–water partition coefficient (Wildman–Crippen LogP) is 2.76. The molecule has 0 spiro atoms. The minimum atomic E-state index is -3.72. The Hall–Kier alpha value is -2.27. The van der Waals surface area contributed by atoms with E-state index in [0.29, 0.717) is 5.02 Å². The van der Waals surface area contributed by atoms with E-state index >= 15 is 0 Å². The van der Waals surface area contributed by atoms with Crippen LogP contribution >= 0.6 is 11.6 Å². The van der Waals surface area contributed by atoms with Crippen LogP contribution in [0.4, 0.5) is 0 Å². The number of hydrogen-bond donors (Lipinski definition) is 0. The van der Waals surface area contributed by atoms with Crippen LogP contribution in [-0.4, -0.2) is 54.2 Å². The molecule has 2 aromatic carbocycles. The standard InChI is InChI=1S/C20H21ClN4O4S2/c1-24-14-22-23-20(24)30(26,27)18-9-11-25(12-10-18)31(28,29)19-7-5-15(6-8-19)16-3-2-4-17(21)13-16/h2-8,13-14,18H,9-12H2,1H3. The summed E-state index contributed by atoms with van der Waals surface area (Å²) in [4.78, 5) is 0.174. The summed E-state index contributed by atoms with van der Waals surface area (Å²) in [5.41, 5.74) is 1.75. The third kappa shape index (κ3) is 4.25. The Morgan fingerprint density at radius 1 is 0.968 bits per heavy atom. The molecule has 8 nitrogen and oxygen atoms in total. The molecule has 0 unspecified atom stereocenters. The summed E-state index contributed by atoms with van der Waals surface area (Å²) in [5, 5.41) is 7.16. The van der Waals surface area contributed by atoms with Gasteiger partial charge in [0, 0.05) is 25.2 Å². The molecule has 0 amide bonds. The molecule has 1 fully saturated rings. The molecule has 1 aromatic heterocycles. The first-order valence-corrected chi connectivity index (χ1v) is 13.0. The summed E-state index contributed by atoms with van der Waals surface area (Å²) < 4.78 is 54.4. The smallest absolute Gasteiger partial charge is 0.249 e. The zero-order valence-electron chi connectivity index (χ0n) is 16.7. The van der Waals surface area contributed by atoms with Crippen molar-refractivity contribution < 1.29 is 16.8 Å². The molecule has 0 N–H and O–H groups in total. The lowest BCUT2D eigenvalue weighted by molar-refractivity contribution is 0.344. The van der Waals surface area contributed by atoms with Gasteiger partial charge < -0.3 is 4.57 Å². The Balaban J connectivity index is 1.49. The molecular formula is C20H21ClN4O4S2. The molecule has 0 atom stereocenters. The molecule has 1 saturated heterocycles. The maximum absolute atomic E-state index is 13.1. The summed E-state index contributed by atoms with van der Waals surface area (Å²) in [6.45, 7) is 0.250. The van der Waals surface area contributed by atoms with Gasteiger partial charge in [0.1, 0.15) is 6.33 Å². The van der Waals surface area contributed by atoms with Gasteiger partial charge in [0.25, 0.3) is 0 Å². The van der Waals surface area contributed by atoms with Crippen molar-refractivity contribution >= 4 is 31.5 Å². The number of piperidine rings is 1. The van der Waals surface area contributed by atoms with Crippen molar-refractivity contribution in [3.05, 3.63) is 59.9 Å². The second kappa shape index (κ2) is 8.34. The average Bonchev–Trinajstić information content (AvgIpc) is 3.21. The molecule has 2 heterocycles. The van der Waals surface area contributed by atoms with Gasteiger partial charge in [0.15, 0.2) is 0 Å². The van der Waals surface area contributed by atoms with Gasteiger partial charge in [0.05, 0.1) is 10.1 Å². The largest absolute Gasteiger partial charge is 0.308 e. The van der Waals surface area contributed by atoms with E-state index in [1.807, 2.05) is 18.2 Å². The van der Waals surface area contributed by atoms with Gasteiger partial charge in [-0.25, -0.2) is 16.8 Å². The van der Waals surface area contributed by atoms with E-state index in [9.17, 15) is 16.8 Å². The fraction of sp³-hybridized carbons (Fsp3) is 0.300. The lowest BCUT2D eigenvalue weighted by Crippen LogP contribution is -2.42. The highest BCUT2D eigenvalue weighted by molar-refractivity contribution is 7.92. The molecule has 31 heavy (non-hydrogen) atoms. The second-order valence-corrected chi connectivity index (χ2v) is 11.9. The number of hydrogen-bond acceptors (Lipinski definition) is 6. The van der Waals surface area contributed by atoms with Crippen LogP contribution < -0.4 is 0 Å². The summed E-state index contributed by atoms with van der Waals surface area (Å²) >= 11 is 6.03. The topological polar surface area (TPSA) is 102 Å². The molecule has 3 aromatic rings. The van der Waals surface area contributed by atoms with E-state index in [1.54, 1.807) is 37.4 Å². The number of halogens is 1. The lowest BCUT2D eigenvalue weighted by atomic mass is 10.1. The number of sulfone groups is 1. The fourth-order valence-electron chi connectivity index (χ4n) is 3.70. The highest BCUT2D eigenvalue weighted by Crippen LogP contribution is 2.28. The van der Waals surface area contributed by atoms with E-state index in [2.05, 4.69) is 10.2 Å². The van der Waals surface area contributed by atoms with E-state index in [4.69, 9.17) is 11.6 Å². The van der Waals surface area contributed by atoms with Crippen molar-refractivity contribution in [2.45, 2.75) is 28.1 Å². The highest BCUT2D eigenvalue weighted by Gasteiger charge is 2.37. The van der Waals surface area contributed by atoms with Crippen molar-refractivity contribution in [2.75, 3.05) is 13.1 Å². The molecule has 0 aliphatic carbocycles. The zero-order valence-corrected chi connectivity index (χ0v) is 19.1. The Bertz CT molecular complexity index is 1300. The number of aromatic nitrogens is 3. The summed E-state index contributed by atoms with van der Waals surface area (Å²) in [7, 11) is -5.82. The van der Waals surface area contributed by atoms with Crippen molar-refractivity contribution in [2.24, 2.45) is 7.05 Å². The number of sulfonamides is 1. The van der Waals surface area contributed by atoms with Gasteiger partial charge in [-0.1, -0.05) is 35.9 Å². The summed E-state index contributed by atoms with van der Waals surface area (Å²) in [6.07, 6.45) is 1.74. The SMILES string of the molecule is Cn1cnnc1S(=O)(=O)C1CCN(S(=O)(=O)c2ccc(-c3cccc(Cl)c3)cc2)CC1. The van der Waals surface area contributed by atoms with Gasteiger partial charge >= 0.3 is 0 Å². The van der Waals surface area contributed by atoms with E-state index in [1.165, 1.54) is 15.2 Å². The van der Waals surface area contributed by atoms with Gasteiger partial charge in [0.2, 0.25) is 25.0 Å². The van der Waals surface area contributed by atoms with Crippen LogP contribution in [0.5, 0.6) is 0 Å². The Morgan fingerprint density at radius 2 is 1.65 bits per heavy atom. The van der Waals surface area contributed by atoms with Crippen LogP contribution in [0.2, 0.25) is 5.02 Å². The second-order valence-electron chi connectivity index (χ2n) is 7.41. The van der Waals surface area contributed by atoms with Crippen molar-refractivity contribution in [1.82, 2.24) is 19.1 Å². The van der Waals surface area contributed by atoms with Crippen molar-refractivity contribution in [1.29, 1.82) is 0 Å². The van der Waals surface area contributed by atoms with Crippen LogP contribution in [0.15, 0.2) is 64.9 Å². The van der Waals surface area contributed by atoms with Crippen LogP contribution in [0.25, 0.3) is 11.1 Å². The van der Waals surface area contributed by atoms with E-state index in [-0.39, 0.29) is 36.0 Å². The van der Waals surface area contributed by atoms with Gasteiger partial charge in [-0.05, 0) is 48.2 Å². The van der Waals surface area contributed by atoms with Gasteiger partial charge in [-0.15, -0.1) is 10.2 Å². The minimum Gasteiger partial charge on any atom is -0.308 e. The van der Waals surface area contributed by atoms with Crippen LogP contribution in [0.1, 0.15) is 12.8 Å². The number of benzene rings is 2. The van der Waals surface area contributed by atoms with Crippen LogP contribution in [0, 0.1) is 0 Å². The molecular weight excluding hydrogens is 460 g/mol. The molecule has 11 heteroatoms.